The lowest BCUT2D eigenvalue weighted by atomic mass is 9.92. The van der Waals surface area contributed by atoms with Crippen molar-refractivity contribution >= 4 is 11.9 Å². The Morgan fingerprint density at radius 1 is 1.33 bits per heavy atom. The fraction of sp³-hybridized carbons (Fsp3) is 0.786. The number of nitrogens with zero attached hydrogens (tertiary/aromatic N) is 3. The minimum atomic E-state index is -0.0615. The molecule has 21 heavy (non-hydrogen) atoms. The Morgan fingerprint density at radius 3 is 3.10 bits per heavy atom. The van der Waals surface area contributed by atoms with Gasteiger partial charge >= 0.3 is 6.01 Å². The van der Waals surface area contributed by atoms with Crippen molar-refractivity contribution in [3.05, 3.63) is 5.89 Å². The van der Waals surface area contributed by atoms with Crippen LogP contribution in [0.4, 0.5) is 6.01 Å². The number of piperidine rings is 1. The van der Waals surface area contributed by atoms with Crippen LogP contribution < -0.4 is 10.6 Å². The summed E-state index contributed by atoms with van der Waals surface area (Å²) >= 11 is 0. The van der Waals surface area contributed by atoms with E-state index in [2.05, 4.69) is 25.7 Å². The van der Waals surface area contributed by atoms with E-state index < -0.39 is 0 Å². The summed E-state index contributed by atoms with van der Waals surface area (Å²) in [4.78, 5) is 14.4. The number of likely N-dealkylation sites (tertiary alicyclic amines) is 1. The molecule has 7 heteroatoms. The molecular weight excluding hydrogens is 270 g/mol. The second-order valence-corrected chi connectivity index (χ2v) is 6.37. The summed E-state index contributed by atoms with van der Waals surface area (Å²) in [6.07, 6.45) is 4.66. The maximum atomic E-state index is 12.2. The lowest BCUT2D eigenvalue weighted by Crippen LogP contribution is -2.48. The molecule has 1 aliphatic carbocycles. The van der Waals surface area contributed by atoms with Gasteiger partial charge in [0, 0.05) is 18.5 Å². The van der Waals surface area contributed by atoms with Gasteiger partial charge < -0.3 is 9.73 Å². The number of aromatic nitrogens is 2. The van der Waals surface area contributed by atoms with Crippen molar-refractivity contribution in [2.24, 2.45) is 5.92 Å². The van der Waals surface area contributed by atoms with Crippen LogP contribution in [0, 0.1) is 5.92 Å². The Kier molecular flexibility index (Phi) is 3.39. The van der Waals surface area contributed by atoms with E-state index in [0.717, 1.165) is 32.5 Å². The molecule has 0 spiro atoms. The van der Waals surface area contributed by atoms with Gasteiger partial charge in [-0.15, -0.1) is 5.10 Å². The number of amides is 1. The molecule has 0 bridgehead atoms. The van der Waals surface area contributed by atoms with Gasteiger partial charge in [0.2, 0.25) is 11.8 Å². The van der Waals surface area contributed by atoms with Gasteiger partial charge in [0.15, 0.2) is 0 Å². The predicted molar refractivity (Wildman–Crippen MR) is 75.9 cm³/mol. The van der Waals surface area contributed by atoms with Crippen molar-refractivity contribution in [3.8, 4) is 0 Å². The average molecular weight is 291 g/mol. The van der Waals surface area contributed by atoms with E-state index in [1.807, 2.05) is 0 Å². The van der Waals surface area contributed by atoms with E-state index in [4.69, 9.17) is 4.42 Å². The van der Waals surface area contributed by atoms with Gasteiger partial charge in [0.1, 0.15) is 0 Å². The molecule has 114 valence electrons. The van der Waals surface area contributed by atoms with Gasteiger partial charge in [-0.2, -0.15) is 0 Å². The zero-order chi connectivity index (χ0) is 14.2. The van der Waals surface area contributed by atoms with Crippen molar-refractivity contribution in [2.75, 3.05) is 31.5 Å². The highest BCUT2D eigenvalue weighted by Gasteiger charge is 2.35. The molecular formula is C14H21N5O2. The van der Waals surface area contributed by atoms with Crippen LogP contribution in [0.5, 0.6) is 0 Å². The fourth-order valence-electron chi connectivity index (χ4n) is 3.48. The van der Waals surface area contributed by atoms with Crippen molar-refractivity contribution in [1.29, 1.82) is 0 Å². The van der Waals surface area contributed by atoms with Crippen LogP contribution in [-0.2, 0) is 4.79 Å². The first-order valence-electron chi connectivity index (χ1n) is 7.87. The van der Waals surface area contributed by atoms with Crippen LogP contribution in [0.25, 0.3) is 0 Å². The molecule has 7 nitrogen and oxygen atoms in total. The molecule has 3 fully saturated rings. The summed E-state index contributed by atoms with van der Waals surface area (Å²) in [5, 5.41) is 14.0. The van der Waals surface area contributed by atoms with Crippen LogP contribution in [0.1, 0.15) is 37.5 Å². The fourth-order valence-corrected chi connectivity index (χ4v) is 3.48. The van der Waals surface area contributed by atoms with Crippen LogP contribution in [-0.4, -0.2) is 53.2 Å². The second-order valence-electron chi connectivity index (χ2n) is 6.37. The number of carbonyl (C=O) groups is 1. The molecule has 2 unspecified atom stereocenters. The van der Waals surface area contributed by atoms with Crippen molar-refractivity contribution in [1.82, 2.24) is 20.4 Å². The zero-order valence-electron chi connectivity index (χ0n) is 12.0. The summed E-state index contributed by atoms with van der Waals surface area (Å²) in [5.74, 6) is 1.70. The average Bonchev–Trinajstić information content (AvgIpc) is 3.02. The molecule has 0 radical (unpaired) electrons. The standard InChI is InChI=1S/C14H21N5O2/c20-12(16-14-18-17-13(21-14)9-3-4-9)8-19-5-1-2-10-6-15-7-11(10)19/h9-11,15H,1-8H2,(H,16,18,20). The lowest BCUT2D eigenvalue weighted by molar-refractivity contribution is -0.118. The summed E-state index contributed by atoms with van der Waals surface area (Å²) in [7, 11) is 0. The molecule has 2 saturated heterocycles. The normalized spacial score (nSPS) is 29.3. The summed E-state index contributed by atoms with van der Waals surface area (Å²) < 4.78 is 5.47. The largest absolute Gasteiger partial charge is 0.408 e. The topological polar surface area (TPSA) is 83.3 Å². The van der Waals surface area contributed by atoms with Gasteiger partial charge in [-0.1, -0.05) is 5.10 Å². The Morgan fingerprint density at radius 2 is 2.24 bits per heavy atom. The van der Waals surface area contributed by atoms with E-state index in [-0.39, 0.29) is 11.9 Å². The summed E-state index contributed by atoms with van der Waals surface area (Å²) in [6.45, 7) is 3.47. The number of fused-ring (bicyclic) bond motifs is 1. The maximum absolute atomic E-state index is 12.2. The van der Waals surface area contributed by atoms with Gasteiger partial charge in [-0.3, -0.25) is 15.0 Å². The summed E-state index contributed by atoms with van der Waals surface area (Å²) in [5.41, 5.74) is 0. The third-order valence-corrected chi connectivity index (χ3v) is 4.75. The highest BCUT2D eigenvalue weighted by molar-refractivity contribution is 5.90. The van der Waals surface area contributed by atoms with Gasteiger partial charge in [-0.05, 0) is 44.7 Å². The molecule has 4 rings (SSSR count). The van der Waals surface area contributed by atoms with Crippen molar-refractivity contribution < 1.29 is 9.21 Å². The molecule has 2 N–H and O–H groups in total. The highest BCUT2D eigenvalue weighted by atomic mass is 16.4. The molecule has 0 aromatic carbocycles. The first kappa shape index (κ1) is 13.2. The quantitative estimate of drug-likeness (QED) is 0.844. The zero-order valence-corrected chi connectivity index (χ0v) is 12.0. The molecule has 1 amide bonds. The van der Waals surface area contributed by atoms with Crippen LogP contribution in [0.2, 0.25) is 0 Å². The number of carbonyl (C=O) groups excluding carboxylic acids is 1. The molecule has 1 aromatic rings. The Labute approximate surface area is 123 Å². The molecule has 3 aliphatic rings. The van der Waals surface area contributed by atoms with Crippen LogP contribution in [0.15, 0.2) is 4.42 Å². The predicted octanol–water partition coefficient (Wildman–Crippen LogP) is 0.569. The molecule has 2 aliphatic heterocycles. The van der Waals surface area contributed by atoms with Crippen LogP contribution >= 0.6 is 0 Å². The Balaban J connectivity index is 1.34. The van der Waals surface area contributed by atoms with E-state index in [1.54, 1.807) is 0 Å². The second kappa shape index (κ2) is 5.38. The minimum absolute atomic E-state index is 0.0615. The third kappa shape index (κ3) is 2.80. The first-order chi connectivity index (χ1) is 10.3. The number of hydrogen-bond donors (Lipinski definition) is 2. The molecule has 3 heterocycles. The van der Waals surface area contributed by atoms with Crippen molar-refractivity contribution in [2.45, 2.75) is 37.6 Å². The smallest absolute Gasteiger partial charge is 0.322 e. The first-order valence-corrected chi connectivity index (χ1v) is 7.87. The number of nitrogens with one attached hydrogen (secondary N) is 2. The monoisotopic (exact) mass is 291 g/mol. The number of rotatable bonds is 4. The van der Waals surface area contributed by atoms with Gasteiger partial charge in [0.25, 0.3) is 0 Å². The maximum Gasteiger partial charge on any atom is 0.322 e. The Bertz CT molecular complexity index is 527. The third-order valence-electron chi connectivity index (χ3n) is 4.75. The molecule has 1 aromatic heterocycles. The number of anilines is 1. The minimum Gasteiger partial charge on any atom is -0.408 e. The summed E-state index contributed by atoms with van der Waals surface area (Å²) in [6, 6.07) is 0.731. The Hall–Kier alpha value is -1.47. The van der Waals surface area contributed by atoms with E-state index in [0.29, 0.717) is 30.3 Å². The molecule has 1 saturated carbocycles. The van der Waals surface area contributed by atoms with Gasteiger partial charge in [0.05, 0.1) is 6.54 Å². The highest BCUT2D eigenvalue weighted by Crippen LogP contribution is 2.39. The SMILES string of the molecule is O=C(CN1CCCC2CNCC21)Nc1nnc(C2CC2)o1. The van der Waals surface area contributed by atoms with Crippen molar-refractivity contribution in [3.63, 3.8) is 0 Å². The van der Waals surface area contributed by atoms with E-state index in [9.17, 15) is 4.79 Å². The number of hydrogen-bond acceptors (Lipinski definition) is 6. The van der Waals surface area contributed by atoms with Gasteiger partial charge in [-0.25, -0.2) is 0 Å². The van der Waals surface area contributed by atoms with E-state index >= 15 is 0 Å². The molecule has 2 atom stereocenters. The van der Waals surface area contributed by atoms with E-state index in [1.165, 1.54) is 12.8 Å². The van der Waals surface area contributed by atoms with Crippen LogP contribution in [0.3, 0.4) is 0 Å². The lowest BCUT2D eigenvalue weighted by Gasteiger charge is -2.36.